The summed E-state index contributed by atoms with van der Waals surface area (Å²) >= 11 is 6.86. The van der Waals surface area contributed by atoms with Crippen molar-refractivity contribution in [1.82, 2.24) is 0 Å². The molecule has 0 aliphatic heterocycles. The minimum absolute atomic E-state index is 0.0368. The van der Waals surface area contributed by atoms with Crippen molar-refractivity contribution in [1.29, 1.82) is 0 Å². The van der Waals surface area contributed by atoms with Crippen LogP contribution in [0.2, 0.25) is 5.02 Å². The molecule has 0 atom stereocenters. The predicted molar refractivity (Wildman–Crippen MR) is 105 cm³/mol. The number of amides is 1. The number of benzene rings is 1. The van der Waals surface area contributed by atoms with E-state index in [2.05, 4.69) is 11.9 Å². The monoisotopic (exact) mass is 407 g/mol. The molecule has 8 heteroatoms. The van der Waals surface area contributed by atoms with Gasteiger partial charge in [-0.2, -0.15) is 0 Å². The Morgan fingerprint density at radius 3 is 2.63 bits per heavy atom. The first-order valence-corrected chi connectivity index (χ1v) is 9.23. The Bertz CT molecular complexity index is 890. The van der Waals surface area contributed by atoms with Crippen LogP contribution in [0.3, 0.4) is 0 Å². The van der Waals surface area contributed by atoms with Gasteiger partial charge in [0.1, 0.15) is 16.5 Å². The summed E-state index contributed by atoms with van der Waals surface area (Å²) in [5.41, 5.74) is 0.829. The maximum absolute atomic E-state index is 12.5. The summed E-state index contributed by atoms with van der Waals surface area (Å²) in [6.07, 6.45) is 1.44. The van der Waals surface area contributed by atoms with E-state index in [-0.39, 0.29) is 28.7 Å². The normalized spacial score (nSPS) is 10.2. The molecule has 0 aliphatic rings. The molecule has 1 amide bonds. The van der Waals surface area contributed by atoms with Crippen LogP contribution in [-0.4, -0.2) is 31.1 Å². The minimum atomic E-state index is -0.629. The zero-order chi connectivity index (χ0) is 20.0. The maximum atomic E-state index is 12.5. The van der Waals surface area contributed by atoms with Crippen molar-refractivity contribution in [3.63, 3.8) is 0 Å². The quantitative estimate of drug-likeness (QED) is 0.540. The molecule has 27 heavy (non-hydrogen) atoms. The standard InChI is InChI=1S/C19H18ClNO5S/c1-4-9-26-19(24)15-11(3)14(18(23)25-5-2)17(27-15)21-16(22)12-7-6-8-13(20)10-12/h4,6-8,10H,1,5,9H2,2-3H3,(H,21,22). The van der Waals surface area contributed by atoms with Gasteiger partial charge in [-0.3, -0.25) is 4.79 Å². The summed E-state index contributed by atoms with van der Waals surface area (Å²) in [7, 11) is 0. The van der Waals surface area contributed by atoms with Crippen LogP contribution in [-0.2, 0) is 9.47 Å². The fraction of sp³-hybridized carbons (Fsp3) is 0.211. The number of hydrogen-bond donors (Lipinski definition) is 1. The minimum Gasteiger partial charge on any atom is -0.462 e. The van der Waals surface area contributed by atoms with Crippen LogP contribution in [0.25, 0.3) is 0 Å². The van der Waals surface area contributed by atoms with Gasteiger partial charge in [-0.25, -0.2) is 9.59 Å². The topological polar surface area (TPSA) is 81.7 Å². The van der Waals surface area contributed by atoms with Gasteiger partial charge in [0.2, 0.25) is 0 Å². The van der Waals surface area contributed by atoms with E-state index in [0.29, 0.717) is 16.1 Å². The van der Waals surface area contributed by atoms with E-state index in [1.807, 2.05) is 0 Å². The molecule has 6 nitrogen and oxygen atoms in total. The number of ether oxygens (including phenoxy) is 2. The number of carbonyl (C=O) groups is 3. The first kappa shape index (κ1) is 20.7. The van der Waals surface area contributed by atoms with E-state index >= 15 is 0 Å². The van der Waals surface area contributed by atoms with Gasteiger partial charge in [-0.05, 0) is 37.6 Å². The smallest absolute Gasteiger partial charge is 0.348 e. The van der Waals surface area contributed by atoms with Gasteiger partial charge in [-0.1, -0.05) is 30.3 Å². The third-order valence-electron chi connectivity index (χ3n) is 3.46. The Balaban J connectivity index is 2.40. The van der Waals surface area contributed by atoms with Crippen LogP contribution in [0.4, 0.5) is 5.00 Å². The van der Waals surface area contributed by atoms with Gasteiger partial charge in [0, 0.05) is 10.6 Å². The lowest BCUT2D eigenvalue weighted by molar-refractivity contribution is 0.0527. The molecule has 0 aliphatic carbocycles. The van der Waals surface area contributed by atoms with E-state index in [1.54, 1.807) is 32.0 Å². The van der Waals surface area contributed by atoms with E-state index < -0.39 is 17.8 Å². The van der Waals surface area contributed by atoms with Crippen LogP contribution < -0.4 is 5.32 Å². The van der Waals surface area contributed by atoms with Crippen molar-refractivity contribution >= 4 is 45.8 Å². The average molecular weight is 408 g/mol. The Morgan fingerprint density at radius 1 is 1.26 bits per heavy atom. The highest BCUT2D eigenvalue weighted by molar-refractivity contribution is 7.18. The Kier molecular flexibility index (Phi) is 7.15. The van der Waals surface area contributed by atoms with Crippen LogP contribution >= 0.6 is 22.9 Å². The second kappa shape index (κ2) is 9.34. The SMILES string of the molecule is C=CCOC(=O)c1sc(NC(=O)c2cccc(Cl)c2)c(C(=O)OCC)c1C. The number of rotatable bonds is 7. The van der Waals surface area contributed by atoms with E-state index in [0.717, 1.165) is 11.3 Å². The summed E-state index contributed by atoms with van der Waals surface area (Å²) in [5, 5.41) is 3.27. The lowest BCUT2D eigenvalue weighted by atomic mass is 10.1. The summed E-state index contributed by atoms with van der Waals surface area (Å²) in [4.78, 5) is 37.3. The average Bonchev–Trinajstić information content (AvgIpc) is 2.96. The van der Waals surface area contributed by atoms with Crippen molar-refractivity contribution in [2.45, 2.75) is 13.8 Å². The Hall–Kier alpha value is -2.64. The van der Waals surface area contributed by atoms with Gasteiger partial charge in [-0.15, -0.1) is 11.3 Å². The first-order chi connectivity index (χ1) is 12.9. The molecule has 1 N–H and O–H groups in total. The van der Waals surface area contributed by atoms with Crippen LogP contribution in [0, 0.1) is 6.92 Å². The third-order valence-corrected chi connectivity index (χ3v) is 4.88. The van der Waals surface area contributed by atoms with Crippen molar-refractivity contribution < 1.29 is 23.9 Å². The van der Waals surface area contributed by atoms with Crippen LogP contribution in [0.15, 0.2) is 36.9 Å². The lowest BCUT2D eigenvalue weighted by Gasteiger charge is -2.07. The highest BCUT2D eigenvalue weighted by atomic mass is 35.5. The molecule has 0 spiro atoms. The number of anilines is 1. The molecule has 0 saturated heterocycles. The molecule has 0 radical (unpaired) electrons. The molecule has 0 unspecified atom stereocenters. The van der Waals surface area contributed by atoms with E-state index in [9.17, 15) is 14.4 Å². The molecule has 1 aromatic heterocycles. The molecule has 1 aromatic carbocycles. The molecule has 0 fully saturated rings. The van der Waals surface area contributed by atoms with Gasteiger partial charge in [0.25, 0.3) is 5.91 Å². The molecular weight excluding hydrogens is 390 g/mol. The van der Waals surface area contributed by atoms with E-state index in [1.165, 1.54) is 12.1 Å². The second-order valence-electron chi connectivity index (χ2n) is 5.33. The Labute approximate surface area is 165 Å². The molecule has 142 valence electrons. The highest BCUT2D eigenvalue weighted by Gasteiger charge is 2.27. The number of carbonyl (C=O) groups excluding carboxylic acids is 3. The Morgan fingerprint density at radius 2 is 2.00 bits per heavy atom. The first-order valence-electron chi connectivity index (χ1n) is 8.04. The van der Waals surface area contributed by atoms with Crippen molar-refractivity contribution in [2.75, 3.05) is 18.5 Å². The number of nitrogens with one attached hydrogen (secondary N) is 1. The summed E-state index contributed by atoms with van der Waals surface area (Å²) in [6.45, 7) is 6.95. The fourth-order valence-corrected chi connectivity index (χ4v) is 3.52. The third kappa shape index (κ3) is 4.96. The second-order valence-corrected chi connectivity index (χ2v) is 6.79. The van der Waals surface area contributed by atoms with Gasteiger partial charge in [0.05, 0.1) is 12.2 Å². The zero-order valence-electron chi connectivity index (χ0n) is 14.8. The lowest BCUT2D eigenvalue weighted by Crippen LogP contribution is -2.15. The summed E-state index contributed by atoms with van der Waals surface area (Å²) < 4.78 is 10.1. The molecule has 0 saturated carbocycles. The summed E-state index contributed by atoms with van der Waals surface area (Å²) in [6, 6.07) is 6.37. The molecule has 2 rings (SSSR count). The van der Waals surface area contributed by atoms with Crippen molar-refractivity contribution in [3.05, 3.63) is 63.5 Å². The van der Waals surface area contributed by atoms with Gasteiger partial charge < -0.3 is 14.8 Å². The number of thiophene rings is 1. The highest BCUT2D eigenvalue weighted by Crippen LogP contribution is 2.34. The largest absolute Gasteiger partial charge is 0.462 e. The molecule has 0 bridgehead atoms. The maximum Gasteiger partial charge on any atom is 0.348 e. The molecule has 2 aromatic rings. The van der Waals surface area contributed by atoms with Crippen molar-refractivity contribution in [3.8, 4) is 0 Å². The van der Waals surface area contributed by atoms with Crippen LogP contribution in [0.5, 0.6) is 0 Å². The molecular formula is C19H18ClNO5S. The number of hydrogen-bond acceptors (Lipinski definition) is 6. The van der Waals surface area contributed by atoms with Crippen LogP contribution in [0.1, 0.15) is 42.9 Å². The predicted octanol–water partition coefficient (Wildman–Crippen LogP) is 4.48. The van der Waals surface area contributed by atoms with Crippen molar-refractivity contribution in [2.24, 2.45) is 0 Å². The molecule has 1 heterocycles. The number of esters is 2. The van der Waals surface area contributed by atoms with Gasteiger partial charge in [0.15, 0.2) is 0 Å². The summed E-state index contributed by atoms with van der Waals surface area (Å²) in [5.74, 6) is -1.70. The number of halogens is 1. The van der Waals surface area contributed by atoms with Gasteiger partial charge >= 0.3 is 11.9 Å². The van der Waals surface area contributed by atoms with E-state index in [4.69, 9.17) is 21.1 Å². The fourth-order valence-electron chi connectivity index (χ4n) is 2.25. The zero-order valence-corrected chi connectivity index (χ0v) is 16.4.